The molecule has 43 heavy (non-hydrogen) atoms. The zero-order chi connectivity index (χ0) is 31.2. The van der Waals surface area contributed by atoms with Crippen LogP contribution in [0.25, 0.3) is 0 Å². The average molecular weight is 595 g/mol. The third-order valence-corrected chi connectivity index (χ3v) is 7.43. The van der Waals surface area contributed by atoms with Crippen molar-refractivity contribution in [2.45, 2.75) is 44.2 Å². The molecule has 0 spiro atoms. The summed E-state index contributed by atoms with van der Waals surface area (Å²) in [6.45, 7) is 1.65. The molecule has 4 aromatic rings. The van der Waals surface area contributed by atoms with E-state index in [9.17, 15) is 51.1 Å². The summed E-state index contributed by atoms with van der Waals surface area (Å²) in [7, 11) is 0. The molecule has 12 heteroatoms. The van der Waals surface area contributed by atoms with Crippen LogP contribution in [0.2, 0.25) is 0 Å². The quantitative estimate of drug-likeness (QED) is 0.151. The number of aromatic hydroxyl groups is 8. The van der Waals surface area contributed by atoms with Gasteiger partial charge in [-0.3, -0.25) is 0 Å². The summed E-state index contributed by atoms with van der Waals surface area (Å²) in [6, 6.07) is 12.0. The SMILES string of the molecule is Cc1c(O)cc(O)c2c1OC(c1ccc(O)c(O)c1)C(O)C2.Oc1cc(O)c2c(c1)OC(c1ccc(O)c(O)c1)C(O)C2. The molecule has 0 aromatic heterocycles. The van der Waals surface area contributed by atoms with Crippen LogP contribution in [0.1, 0.15) is 40.0 Å². The van der Waals surface area contributed by atoms with Crippen molar-refractivity contribution in [2.24, 2.45) is 0 Å². The van der Waals surface area contributed by atoms with Crippen LogP contribution in [0, 0.1) is 6.92 Å². The van der Waals surface area contributed by atoms with Crippen molar-refractivity contribution >= 4 is 0 Å². The number of benzene rings is 4. The lowest BCUT2D eigenvalue weighted by atomic mass is 9.92. The summed E-state index contributed by atoms with van der Waals surface area (Å²) in [4.78, 5) is 0. The van der Waals surface area contributed by atoms with Gasteiger partial charge in [-0.1, -0.05) is 12.1 Å². The molecular formula is C31H30O12. The summed E-state index contributed by atoms with van der Waals surface area (Å²) in [5.41, 5.74) is 2.27. The van der Waals surface area contributed by atoms with E-state index in [4.69, 9.17) is 9.47 Å². The third-order valence-electron chi connectivity index (χ3n) is 7.43. The smallest absolute Gasteiger partial charge is 0.157 e. The zero-order valence-corrected chi connectivity index (χ0v) is 22.7. The van der Waals surface area contributed by atoms with Gasteiger partial charge in [0.25, 0.3) is 0 Å². The summed E-state index contributed by atoms with van der Waals surface area (Å²) < 4.78 is 11.4. The molecule has 6 rings (SSSR count). The van der Waals surface area contributed by atoms with E-state index in [-0.39, 0.29) is 64.6 Å². The van der Waals surface area contributed by atoms with Gasteiger partial charge in [0, 0.05) is 47.7 Å². The number of aliphatic hydroxyl groups is 2. The molecule has 10 N–H and O–H groups in total. The molecule has 12 nitrogen and oxygen atoms in total. The number of aliphatic hydroxyl groups excluding tert-OH is 2. The number of fused-ring (bicyclic) bond motifs is 2. The predicted molar refractivity (Wildman–Crippen MR) is 150 cm³/mol. The number of phenols is 8. The lowest BCUT2D eigenvalue weighted by Gasteiger charge is -2.32. The van der Waals surface area contributed by atoms with Crippen molar-refractivity contribution in [3.8, 4) is 57.5 Å². The summed E-state index contributed by atoms with van der Waals surface area (Å²) in [5, 5.41) is 97.2. The summed E-state index contributed by atoms with van der Waals surface area (Å²) in [5.74, 6) is -1.08. The lowest BCUT2D eigenvalue weighted by Crippen LogP contribution is -2.30. The summed E-state index contributed by atoms with van der Waals surface area (Å²) >= 11 is 0. The second-order valence-corrected chi connectivity index (χ2v) is 10.4. The maximum Gasteiger partial charge on any atom is 0.157 e. The molecule has 2 aliphatic rings. The zero-order valence-electron chi connectivity index (χ0n) is 22.7. The van der Waals surface area contributed by atoms with E-state index in [1.54, 1.807) is 6.92 Å². The van der Waals surface area contributed by atoms with Gasteiger partial charge in [-0.15, -0.1) is 0 Å². The second kappa shape index (κ2) is 11.2. The van der Waals surface area contributed by atoms with Gasteiger partial charge in [0.05, 0.1) is 12.2 Å². The topological polar surface area (TPSA) is 221 Å². The molecule has 0 saturated heterocycles. The Morgan fingerprint density at radius 2 is 1.05 bits per heavy atom. The standard InChI is InChI=1S/C16H16O6.C15H14O6/c1-7-11(18)6-12(19)9-5-14(21)16(22-15(7)9)8-2-3-10(17)13(20)4-8;16-8-4-11(18)9-6-13(20)15(21-14(9)5-8)7-1-2-10(17)12(19)3-7/h2-4,6,14,16-21H,5H2,1H3;1-5,13,15-20H,6H2. The predicted octanol–water partition coefficient (Wildman–Crippen LogP) is 3.40. The molecule has 4 aromatic carbocycles. The first-order chi connectivity index (χ1) is 20.3. The Morgan fingerprint density at radius 3 is 1.60 bits per heavy atom. The van der Waals surface area contributed by atoms with Crippen LogP contribution in [0.5, 0.6) is 57.5 Å². The highest BCUT2D eigenvalue weighted by Gasteiger charge is 2.34. The van der Waals surface area contributed by atoms with E-state index in [2.05, 4.69) is 0 Å². The van der Waals surface area contributed by atoms with E-state index in [0.717, 1.165) is 0 Å². The van der Waals surface area contributed by atoms with Gasteiger partial charge in [-0.05, 0) is 42.3 Å². The maximum atomic E-state index is 10.3. The number of phenolic OH excluding ortho intramolecular Hbond substituents is 8. The Kier molecular flexibility index (Phi) is 7.65. The van der Waals surface area contributed by atoms with Crippen LogP contribution in [0.4, 0.5) is 0 Å². The Labute approximate surface area is 244 Å². The Morgan fingerprint density at radius 1 is 0.535 bits per heavy atom. The van der Waals surface area contributed by atoms with Crippen LogP contribution in [-0.2, 0) is 12.8 Å². The first-order valence-corrected chi connectivity index (χ1v) is 13.2. The normalized spacial score (nSPS) is 20.4. The fourth-order valence-electron chi connectivity index (χ4n) is 5.14. The summed E-state index contributed by atoms with van der Waals surface area (Å²) in [6.07, 6.45) is -3.13. The van der Waals surface area contributed by atoms with E-state index >= 15 is 0 Å². The lowest BCUT2D eigenvalue weighted by molar-refractivity contribution is 0.0191. The Hall–Kier alpha value is -5.20. The molecule has 2 aliphatic heterocycles. The van der Waals surface area contributed by atoms with Crippen molar-refractivity contribution in [3.05, 3.63) is 82.4 Å². The van der Waals surface area contributed by atoms with Crippen molar-refractivity contribution in [1.29, 1.82) is 0 Å². The Balaban J connectivity index is 0.000000171. The highest BCUT2D eigenvalue weighted by molar-refractivity contribution is 5.57. The fourth-order valence-corrected chi connectivity index (χ4v) is 5.14. The fraction of sp³-hybridized carbons (Fsp3) is 0.226. The van der Waals surface area contributed by atoms with Crippen LogP contribution >= 0.6 is 0 Å². The van der Waals surface area contributed by atoms with E-state index in [1.807, 2.05) is 0 Å². The number of hydrogen-bond acceptors (Lipinski definition) is 12. The molecule has 0 saturated carbocycles. The van der Waals surface area contributed by atoms with Crippen LogP contribution < -0.4 is 9.47 Å². The monoisotopic (exact) mass is 594 g/mol. The number of rotatable bonds is 2. The van der Waals surface area contributed by atoms with Crippen LogP contribution in [0.15, 0.2) is 54.6 Å². The van der Waals surface area contributed by atoms with Gasteiger partial charge in [0.2, 0.25) is 0 Å². The molecule has 0 fully saturated rings. The van der Waals surface area contributed by atoms with E-state index in [1.165, 1.54) is 54.6 Å². The first kappa shape index (κ1) is 29.3. The minimum absolute atomic E-state index is 0.0973. The molecule has 4 unspecified atom stereocenters. The molecular weight excluding hydrogens is 564 g/mol. The minimum Gasteiger partial charge on any atom is -0.508 e. The first-order valence-electron chi connectivity index (χ1n) is 13.2. The molecule has 4 atom stereocenters. The largest absolute Gasteiger partial charge is 0.508 e. The molecule has 0 bridgehead atoms. The second-order valence-electron chi connectivity index (χ2n) is 10.4. The van der Waals surface area contributed by atoms with Gasteiger partial charge < -0.3 is 60.5 Å². The van der Waals surface area contributed by atoms with Gasteiger partial charge >= 0.3 is 0 Å². The van der Waals surface area contributed by atoms with Gasteiger partial charge in [-0.25, -0.2) is 0 Å². The van der Waals surface area contributed by atoms with Crippen molar-refractivity contribution < 1.29 is 60.5 Å². The third kappa shape index (κ3) is 5.65. The Bertz CT molecular complexity index is 1680. The van der Waals surface area contributed by atoms with Gasteiger partial charge in [0.1, 0.15) is 46.7 Å². The highest BCUT2D eigenvalue weighted by atomic mass is 16.5. The van der Waals surface area contributed by atoms with Crippen molar-refractivity contribution in [2.75, 3.05) is 0 Å². The number of ether oxygens (including phenoxy) is 2. The molecule has 0 amide bonds. The van der Waals surface area contributed by atoms with Gasteiger partial charge in [-0.2, -0.15) is 0 Å². The van der Waals surface area contributed by atoms with Crippen LogP contribution in [0.3, 0.4) is 0 Å². The van der Waals surface area contributed by atoms with E-state index in [0.29, 0.717) is 33.6 Å². The van der Waals surface area contributed by atoms with E-state index < -0.39 is 24.4 Å². The molecule has 0 radical (unpaired) electrons. The number of hydrogen-bond donors (Lipinski definition) is 10. The highest BCUT2D eigenvalue weighted by Crippen LogP contribution is 2.46. The van der Waals surface area contributed by atoms with Crippen molar-refractivity contribution in [3.63, 3.8) is 0 Å². The van der Waals surface area contributed by atoms with Gasteiger partial charge in [0.15, 0.2) is 23.0 Å². The minimum atomic E-state index is -0.939. The molecule has 0 aliphatic carbocycles. The molecule has 2 heterocycles. The van der Waals surface area contributed by atoms with Crippen molar-refractivity contribution in [1.82, 2.24) is 0 Å². The average Bonchev–Trinajstić information content (AvgIpc) is 2.95. The molecule has 226 valence electrons. The van der Waals surface area contributed by atoms with Crippen LogP contribution in [-0.4, -0.2) is 63.3 Å². The maximum absolute atomic E-state index is 10.3.